The van der Waals surface area contributed by atoms with Crippen LogP contribution in [0.15, 0.2) is 0 Å². The first-order chi connectivity index (χ1) is 9.20. The van der Waals surface area contributed by atoms with E-state index in [2.05, 4.69) is 23.6 Å². The van der Waals surface area contributed by atoms with E-state index in [0.29, 0.717) is 12.5 Å². The Labute approximate surface area is 118 Å². The van der Waals surface area contributed by atoms with Gasteiger partial charge in [-0.25, -0.2) is 0 Å². The molecule has 0 aromatic rings. The fourth-order valence-corrected chi connectivity index (χ4v) is 2.79. The molecule has 2 N–H and O–H groups in total. The molecule has 4 nitrogen and oxygen atoms in total. The summed E-state index contributed by atoms with van der Waals surface area (Å²) in [6.45, 7) is 8.73. The van der Waals surface area contributed by atoms with Crippen molar-refractivity contribution in [2.45, 2.75) is 58.4 Å². The summed E-state index contributed by atoms with van der Waals surface area (Å²) in [5.41, 5.74) is 5.59. The van der Waals surface area contributed by atoms with Crippen molar-refractivity contribution in [2.75, 3.05) is 32.7 Å². The lowest BCUT2D eigenvalue weighted by Gasteiger charge is -2.32. The molecule has 1 aliphatic heterocycles. The average Bonchev–Trinajstić information content (AvgIpc) is 2.70. The quantitative estimate of drug-likeness (QED) is 0.767. The van der Waals surface area contributed by atoms with E-state index in [4.69, 9.17) is 5.73 Å². The molecule has 1 rings (SSSR count). The predicted octanol–water partition coefficient (Wildman–Crippen LogP) is 1.84. The molecular weight excluding hydrogens is 238 g/mol. The van der Waals surface area contributed by atoms with Crippen LogP contribution < -0.4 is 5.73 Å². The van der Waals surface area contributed by atoms with Gasteiger partial charge in [0, 0.05) is 19.6 Å². The summed E-state index contributed by atoms with van der Waals surface area (Å²) in [7, 11) is 0. The van der Waals surface area contributed by atoms with Gasteiger partial charge in [-0.05, 0) is 45.7 Å². The smallest absolute Gasteiger partial charge is 0.239 e. The first kappa shape index (κ1) is 16.4. The molecule has 0 aromatic heterocycles. The number of hydrogen-bond acceptors (Lipinski definition) is 3. The van der Waals surface area contributed by atoms with E-state index in [1.54, 1.807) is 0 Å². The van der Waals surface area contributed by atoms with Gasteiger partial charge in [0.05, 0.1) is 6.04 Å². The minimum atomic E-state index is 0.00426. The van der Waals surface area contributed by atoms with Crippen LogP contribution >= 0.6 is 0 Å². The summed E-state index contributed by atoms with van der Waals surface area (Å²) >= 11 is 0. The molecule has 19 heavy (non-hydrogen) atoms. The second-order valence-electron chi connectivity index (χ2n) is 5.59. The molecule has 1 aliphatic rings. The third-order valence-corrected chi connectivity index (χ3v) is 3.98. The molecule has 0 spiro atoms. The molecule has 0 aromatic carbocycles. The van der Waals surface area contributed by atoms with E-state index >= 15 is 0 Å². The van der Waals surface area contributed by atoms with Gasteiger partial charge in [0.1, 0.15) is 0 Å². The van der Waals surface area contributed by atoms with Crippen molar-refractivity contribution >= 4 is 5.91 Å². The van der Waals surface area contributed by atoms with Crippen molar-refractivity contribution in [1.82, 2.24) is 9.80 Å². The maximum atomic E-state index is 12.6. The molecular formula is C15H31N3O. The molecule has 0 radical (unpaired) electrons. The Morgan fingerprint density at radius 1 is 1.21 bits per heavy atom. The summed E-state index contributed by atoms with van der Waals surface area (Å²) in [6, 6.07) is 0.00426. The molecule has 1 fully saturated rings. The maximum absolute atomic E-state index is 12.6. The monoisotopic (exact) mass is 269 g/mol. The van der Waals surface area contributed by atoms with Crippen molar-refractivity contribution < 1.29 is 4.79 Å². The van der Waals surface area contributed by atoms with Crippen LogP contribution in [0.3, 0.4) is 0 Å². The number of nitrogens with zero attached hydrogens (tertiary/aromatic N) is 2. The molecule has 1 unspecified atom stereocenters. The van der Waals surface area contributed by atoms with Gasteiger partial charge in [-0.1, -0.05) is 19.8 Å². The molecule has 1 amide bonds. The fourth-order valence-electron chi connectivity index (χ4n) is 2.79. The summed E-state index contributed by atoms with van der Waals surface area (Å²) in [5, 5.41) is 0. The molecule has 112 valence electrons. The lowest BCUT2D eigenvalue weighted by Crippen LogP contribution is -2.48. The van der Waals surface area contributed by atoms with Crippen LogP contribution in [0.1, 0.15) is 52.4 Å². The van der Waals surface area contributed by atoms with Gasteiger partial charge in [0.2, 0.25) is 5.91 Å². The fraction of sp³-hybridized carbons (Fsp3) is 0.933. The van der Waals surface area contributed by atoms with Crippen molar-refractivity contribution in [1.29, 1.82) is 0 Å². The van der Waals surface area contributed by atoms with E-state index in [-0.39, 0.29) is 6.04 Å². The first-order valence-electron chi connectivity index (χ1n) is 7.93. The lowest BCUT2D eigenvalue weighted by atomic mass is 10.2. The summed E-state index contributed by atoms with van der Waals surface area (Å²) < 4.78 is 0. The first-order valence-corrected chi connectivity index (χ1v) is 7.93. The highest BCUT2D eigenvalue weighted by Gasteiger charge is 2.25. The second kappa shape index (κ2) is 9.32. The second-order valence-corrected chi connectivity index (χ2v) is 5.59. The van der Waals surface area contributed by atoms with E-state index in [0.717, 1.165) is 51.9 Å². The Bertz CT molecular complexity index is 250. The highest BCUT2D eigenvalue weighted by Crippen LogP contribution is 2.13. The van der Waals surface area contributed by atoms with E-state index < -0.39 is 0 Å². The van der Waals surface area contributed by atoms with E-state index in [9.17, 15) is 4.79 Å². The Morgan fingerprint density at radius 3 is 2.37 bits per heavy atom. The Hall–Kier alpha value is -0.610. The summed E-state index contributed by atoms with van der Waals surface area (Å²) in [4.78, 5) is 16.9. The van der Waals surface area contributed by atoms with Crippen molar-refractivity contribution in [2.24, 2.45) is 5.73 Å². The average molecular weight is 269 g/mol. The number of carbonyl (C=O) groups excluding carboxylic acids is 1. The summed E-state index contributed by atoms with van der Waals surface area (Å²) in [6.07, 6.45) is 6.91. The van der Waals surface area contributed by atoms with Gasteiger partial charge in [-0.3, -0.25) is 9.69 Å². The van der Waals surface area contributed by atoms with Crippen molar-refractivity contribution in [3.05, 3.63) is 0 Å². The number of likely N-dealkylation sites (tertiary alicyclic amines) is 1. The van der Waals surface area contributed by atoms with E-state index in [1.807, 2.05) is 0 Å². The van der Waals surface area contributed by atoms with Crippen LogP contribution in [0.5, 0.6) is 0 Å². The highest BCUT2D eigenvalue weighted by molar-refractivity contribution is 5.81. The van der Waals surface area contributed by atoms with Gasteiger partial charge in [-0.15, -0.1) is 0 Å². The van der Waals surface area contributed by atoms with Crippen molar-refractivity contribution in [3.8, 4) is 0 Å². The Morgan fingerprint density at radius 2 is 1.84 bits per heavy atom. The highest BCUT2D eigenvalue weighted by atomic mass is 16.2. The molecule has 0 bridgehead atoms. The number of amides is 1. The van der Waals surface area contributed by atoms with Crippen molar-refractivity contribution in [3.63, 3.8) is 0 Å². The van der Waals surface area contributed by atoms with Crippen LogP contribution in [0.4, 0.5) is 0 Å². The van der Waals surface area contributed by atoms with Gasteiger partial charge in [0.25, 0.3) is 0 Å². The molecule has 0 aliphatic carbocycles. The predicted molar refractivity (Wildman–Crippen MR) is 80.0 cm³/mol. The molecule has 1 atom stereocenters. The lowest BCUT2D eigenvalue weighted by molar-refractivity contribution is -0.136. The minimum absolute atomic E-state index is 0.00426. The third-order valence-electron chi connectivity index (χ3n) is 3.98. The number of rotatable bonds is 7. The Kier molecular flexibility index (Phi) is 8.07. The summed E-state index contributed by atoms with van der Waals surface area (Å²) in [5.74, 6) is 0.312. The molecule has 4 heteroatoms. The largest absolute Gasteiger partial charge is 0.341 e. The van der Waals surface area contributed by atoms with Gasteiger partial charge < -0.3 is 10.6 Å². The molecule has 1 saturated heterocycles. The van der Waals surface area contributed by atoms with Crippen LogP contribution in [0.25, 0.3) is 0 Å². The van der Waals surface area contributed by atoms with Gasteiger partial charge in [0.15, 0.2) is 0 Å². The topological polar surface area (TPSA) is 49.6 Å². The minimum Gasteiger partial charge on any atom is -0.341 e. The van der Waals surface area contributed by atoms with Gasteiger partial charge >= 0.3 is 0 Å². The van der Waals surface area contributed by atoms with Crippen LogP contribution in [-0.4, -0.2) is 54.5 Å². The van der Waals surface area contributed by atoms with Crippen LogP contribution in [0.2, 0.25) is 0 Å². The normalized spacial score (nSPS) is 18.4. The SMILES string of the molecule is CCCN(CCCN)C(C)C(=O)N1CCCCCC1. The zero-order valence-corrected chi connectivity index (χ0v) is 12.7. The van der Waals surface area contributed by atoms with E-state index in [1.165, 1.54) is 12.8 Å². The number of carbonyl (C=O) groups is 1. The molecule has 1 heterocycles. The zero-order chi connectivity index (χ0) is 14.1. The number of nitrogens with two attached hydrogens (primary N) is 1. The Balaban J connectivity index is 2.54. The zero-order valence-electron chi connectivity index (χ0n) is 12.7. The maximum Gasteiger partial charge on any atom is 0.239 e. The standard InChI is InChI=1S/C15H31N3O/c1-3-10-17(13-8-9-16)14(2)15(19)18-11-6-4-5-7-12-18/h14H,3-13,16H2,1-2H3. The van der Waals surface area contributed by atoms with Crippen LogP contribution in [0, 0.1) is 0 Å². The number of hydrogen-bond donors (Lipinski definition) is 1. The molecule has 0 saturated carbocycles. The third kappa shape index (κ3) is 5.49. The van der Waals surface area contributed by atoms with Crippen LogP contribution in [-0.2, 0) is 4.79 Å². The van der Waals surface area contributed by atoms with Gasteiger partial charge in [-0.2, -0.15) is 0 Å².